The molecule has 0 bridgehead atoms. The van der Waals surface area contributed by atoms with Crippen LogP contribution in [0.4, 0.5) is 19.1 Å². The van der Waals surface area contributed by atoms with E-state index >= 15 is 0 Å². The van der Waals surface area contributed by atoms with E-state index in [0.717, 1.165) is 25.5 Å². The predicted molar refractivity (Wildman–Crippen MR) is 103 cm³/mol. The third kappa shape index (κ3) is 9.10. The quantitative estimate of drug-likeness (QED) is 0.213. The van der Waals surface area contributed by atoms with E-state index in [1.54, 1.807) is 0 Å². The van der Waals surface area contributed by atoms with Crippen molar-refractivity contribution in [2.24, 2.45) is 0 Å². The van der Waals surface area contributed by atoms with Crippen molar-refractivity contribution in [2.45, 2.75) is 82.6 Å². The highest BCUT2D eigenvalue weighted by atomic mass is 19.4. The topological polar surface area (TPSA) is 124 Å². The van der Waals surface area contributed by atoms with Gasteiger partial charge < -0.3 is 20.3 Å². The maximum absolute atomic E-state index is 12.7. The largest absolute Gasteiger partial charge is 0.433 e. The fourth-order valence-corrected chi connectivity index (χ4v) is 2.98. The van der Waals surface area contributed by atoms with Crippen LogP contribution in [0.15, 0.2) is 12.3 Å². The number of nitrogens with zero attached hydrogens (tertiary/aromatic N) is 2. The first-order valence-corrected chi connectivity index (χ1v) is 10.6. The first-order chi connectivity index (χ1) is 15.3. The molecule has 1 aliphatic heterocycles. The number of hydrogen-bond donors (Lipinski definition) is 3. The van der Waals surface area contributed by atoms with Gasteiger partial charge in [0.25, 0.3) is 0 Å². The van der Waals surface area contributed by atoms with Crippen LogP contribution < -0.4 is 5.32 Å². The maximum atomic E-state index is 12.7. The summed E-state index contributed by atoms with van der Waals surface area (Å²) in [5, 5.41) is 31.6. The minimum absolute atomic E-state index is 0.245. The molecule has 2 rings (SSSR count). The molecule has 1 aliphatic rings. The summed E-state index contributed by atoms with van der Waals surface area (Å²) >= 11 is 0. The number of aliphatic hydroxyl groups is 2. The molecular formula is C19H30F3N3O7. The summed E-state index contributed by atoms with van der Waals surface area (Å²) in [7, 11) is 0. The molecule has 1 fully saturated rings. The summed E-state index contributed by atoms with van der Waals surface area (Å²) < 4.78 is 43.4. The standard InChI is InChI=1S/C19H30F3N3O7/c1-2-3-4-5-6-7-8-11-29-31-32-30-17-16(27)15(26)13(12-28-17)24-18-23-10-9-14(25-18)19(20,21)22/h9-10,13,15-17,26-27H,2-8,11-12H2,1H3,(H,23,24,25). The highest BCUT2D eigenvalue weighted by Crippen LogP contribution is 2.28. The second kappa shape index (κ2) is 13.8. The van der Waals surface area contributed by atoms with E-state index in [-0.39, 0.29) is 19.2 Å². The Labute approximate surface area is 183 Å². The van der Waals surface area contributed by atoms with Crippen molar-refractivity contribution in [3.8, 4) is 0 Å². The number of unbranched alkanes of at least 4 members (excludes halogenated alkanes) is 6. The molecule has 0 amide bonds. The molecule has 3 N–H and O–H groups in total. The number of alkyl halides is 3. The summed E-state index contributed by atoms with van der Waals surface area (Å²) in [6.45, 7) is 2.21. The van der Waals surface area contributed by atoms with Gasteiger partial charge >= 0.3 is 6.18 Å². The van der Waals surface area contributed by atoms with Gasteiger partial charge in [-0.25, -0.2) is 14.9 Å². The SMILES string of the molecule is CCCCCCCCCOOOOC1OCC(Nc2nccc(C(F)(F)F)n2)C(O)C1O. The number of ether oxygens (including phenoxy) is 1. The number of rotatable bonds is 14. The lowest BCUT2D eigenvalue weighted by molar-refractivity contribution is -0.656. The Hall–Kier alpha value is -1.61. The summed E-state index contributed by atoms with van der Waals surface area (Å²) in [6, 6.07) is -0.284. The minimum Gasteiger partial charge on any atom is -0.388 e. The zero-order chi connectivity index (χ0) is 23.4. The van der Waals surface area contributed by atoms with Crippen LogP contribution in [0.1, 0.15) is 57.6 Å². The van der Waals surface area contributed by atoms with Crippen LogP contribution in [-0.2, 0) is 30.8 Å². The highest BCUT2D eigenvalue weighted by Gasteiger charge is 2.41. The number of anilines is 1. The van der Waals surface area contributed by atoms with Gasteiger partial charge in [-0.1, -0.05) is 45.4 Å². The van der Waals surface area contributed by atoms with Crippen molar-refractivity contribution in [1.82, 2.24) is 9.97 Å². The average molecular weight is 469 g/mol. The van der Waals surface area contributed by atoms with Crippen molar-refractivity contribution in [2.75, 3.05) is 18.5 Å². The molecule has 0 radical (unpaired) electrons. The van der Waals surface area contributed by atoms with E-state index in [4.69, 9.17) is 14.5 Å². The first-order valence-electron chi connectivity index (χ1n) is 10.6. The molecule has 4 atom stereocenters. The van der Waals surface area contributed by atoms with Gasteiger partial charge in [0, 0.05) is 6.20 Å². The minimum atomic E-state index is -4.65. The Morgan fingerprint density at radius 1 is 1.09 bits per heavy atom. The van der Waals surface area contributed by atoms with E-state index < -0.39 is 36.4 Å². The summed E-state index contributed by atoms with van der Waals surface area (Å²) in [5.74, 6) is -0.377. The normalized spacial score (nSPS) is 23.9. The van der Waals surface area contributed by atoms with Gasteiger partial charge in [0.15, 0.2) is 0 Å². The second-order valence-electron chi connectivity index (χ2n) is 7.37. The summed E-state index contributed by atoms with van der Waals surface area (Å²) in [5.41, 5.74) is -1.15. The lowest BCUT2D eigenvalue weighted by atomic mass is 10.0. The van der Waals surface area contributed by atoms with Crippen molar-refractivity contribution >= 4 is 5.95 Å². The van der Waals surface area contributed by atoms with Crippen molar-refractivity contribution in [3.05, 3.63) is 18.0 Å². The lowest BCUT2D eigenvalue weighted by Gasteiger charge is -2.36. The molecule has 1 saturated heterocycles. The van der Waals surface area contributed by atoms with E-state index in [1.165, 1.54) is 25.7 Å². The van der Waals surface area contributed by atoms with E-state index in [2.05, 4.69) is 32.3 Å². The van der Waals surface area contributed by atoms with Crippen molar-refractivity contribution in [3.63, 3.8) is 0 Å². The fraction of sp³-hybridized carbons (Fsp3) is 0.789. The molecule has 0 aliphatic carbocycles. The van der Waals surface area contributed by atoms with E-state index in [1.807, 2.05) is 0 Å². The van der Waals surface area contributed by atoms with Crippen LogP contribution in [0, 0.1) is 0 Å². The molecule has 2 heterocycles. The molecule has 10 nitrogen and oxygen atoms in total. The smallest absolute Gasteiger partial charge is 0.388 e. The van der Waals surface area contributed by atoms with Gasteiger partial charge in [0.2, 0.25) is 12.2 Å². The van der Waals surface area contributed by atoms with Crippen LogP contribution in [0.25, 0.3) is 0 Å². The van der Waals surface area contributed by atoms with Crippen LogP contribution in [0.3, 0.4) is 0 Å². The Morgan fingerprint density at radius 3 is 2.53 bits per heavy atom. The third-order valence-electron chi connectivity index (χ3n) is 4.78. The second-order valence-corrected chi connectivity index (χ2v) is 7.37. The Balaban J connectivity index is 1.63. The average Bonchev–Trinajstić information content (AvgIpc) is 2.76. The number of hydrogen-bond acceptors (Lipinski definition) is 10. The summed E-state index contributed by atoms with van der Waals surface area (Å²) in [4.78, 5) is 16.5. The molecule has 0 spiro atoms. The van der Waals surface area contributed by atoms with Crippen LogP contribution in [-0.4, -0.2) is 57.9 Å². The Kier molecular flexibility index (Phi) is 11.5. The zero-order valence-corrected chi connectivity index (χ0v) is 17.8. The van der Waals surface area contributed by atoms with Gasteiger partial charge in [-0.15, -0.1) is 0 Å². The fourth-order valence-electron chi connectivity index (χ4n) is 2.98. The number of nitrogens with one attached hydrogen (secondary N) is 1. The lowest BCUT2D eigenvalue weighted by Crippen LogP contribution is -2.56. The van der Waals surface area contributed by atoms with Gasteiger partial charge in [-0.3, -0.25) is 0 Å². The number of aliphatic hydroxyl groups excluding tert-OH is 2. The number of halogens is 3. The molecule has 0 saturated carbocycles. The molecule has 4 unspecified atom stereocenters. The van der Waals surface area contributed by atoms with Gasteiger partial charge in [0.1, 0.15) is 17.9 Å². The summed E-state index contributed by atoms with van der Waals surface area (Å²) in [6.07, 6.45) is -0.473. The highest BCUT2D eigenvalue weighted by molar-refractivity contribution is 5.28. The third-order valence-corrected chi connectivity index (χ3v) is 4.78. The predicted octanol–water partition coefficient (Wildman–Crippen LogP) is 2.92. The molecule has 1 aromatic heterocycles. The van der Waals surface area contributed by atoms with Crippen molar-refractivity contribution in [1.29, 1.82) is 0 Å². The first kappa shape index (κ1) is 26.6. The zero-order valence-electron chi connectivity index (χ0n) is 17.8. The molecule has 1 aromatic rings. The Bertz CT molecular complexity index is 657. The molecular weight excluding hydrogens is 439 g/mol. The molecule has 32 heavy (non-hydrogen) atoms. The van der Waals surface area contributed by atoms with Crippen molar-refractivity contribution < 1.29 is 48.0 Å². The van der Waals surface area contributed by atoms with Gasteiger partial charge in [0.05, 0.1) is 19.3 Å². The monoisotopic (exact) mass is 469 g/mol. The molecule has 13 heteroatoms. The molecule has 0 aromatic carbocycles. The van der Waals surface area contributed by atoms with Gasteiger partial charge in [-0.05, 0) is 22.6 Å². The maximum Gasteiger partial charge on any atom is 0.433 e. The van der Waals surface area contributed by atoms with E-state index in [9.17, 15) is 23.4 Å². The van der Waals surface area contributed by atoms with E-state index in [0.29, 0.717) is 6.07 Å². The Morgan fingerprint density at radius 2 is 1.81 bits per heavy atom. The number of aromatic nitrogens is 2. The van der Waals surface area contributed by atoms with Gasteiger partial charge in [-0.2, -0.15) is 18.1 Å². The van der Waals surface area contributed by atoms with Crippen LogP contribution in [0.2, 0.25) is 0 Å². The van der Waals surface area contributed by atoms with Crippen LogP contribution >= 0.6 is 0 Å². The van der Waals surface area contributed by atoms with Crippen LogP contribution in [0.5, 0.6) is 0 Å². The molecule has 184 valence electrons.